The van der Waals surface area contributed by atoms with Gasteiger partial charge in [-0.3, -0.25) is 0 Å². The van der Waals surface area contributed by atoms with Gasteiger partial charge in [-0.15, -0.1) is 0 Å². The van der Waals surface area contributed by atoms with E-state index in [4.69, 9.17) is 4.74 Å². The molecule has 1 aliphatic rings. The minimum Gasteiger partial charge on any atom is -0.477 e. The van der Waals surface area contributed by atoms with Gasteiger partial charge in [0.05, 0.1) is 24.3 Å². The van der Waals surface area contributed by atoms with Crippen molar-refractivity contribution in [3.8, 4) is 16.8 Å². The van der Waals surface area contributed by atoms with Crippen LogP contribution in [0, 0.1) is 18.6 Å². The first-order valence-corrected chi connectivity index (χ1v) is 10.4. The lowest BCUT2D eigenvalue weighted by Gasteiger charge is -2.29. The minimum absolute atomic E-state index is 0.0156. The van der Waals surface area contributed by atoms with Crippen LogP contribution in [0.1, 0.15) is 16.2 Å². The molecule has 1 aliphatic heterocycles. The zero-order valence-electron chi connectivity index (χ0n) is 17.8. The number of morpholine rings is 1. The number of halogens is 2. The molecule has 33 heavy (non-hydrogen) atoms. The van der Waals surface area contributed by atoms with Gasteiger partial charge in [-0.2, -0.15) is 5.10 Å². The normalized spacial score (nSPS) is 14.1. The minimum atomic E-state index is -1.21. The molecule has 0 unspecified atom stereocenters. The molecule has 0 spiro atoms. The molecule has 9 heteroatoms. The van der Waals surface area contributed by atoms with Gasteiger partial charge in [0.15, 0.2) is 17.2 Å². The third kappa shape index (κ3) is 3.80. The van der Waals surface area contributed by atoms with Crippen LogP contribution in [0.5, 0.6) is 0 Å². The van der Waals surface area contributed by atoms with Crippen molar-refractivity contribution in [3.63, 3.8) is 0 Å². The average Bonchev–Trinajstić information content (AvgIpc) is 3.15. The van der Waals surface area contributed by atoms with Gasteiger partial charge in [-0.25, -0.2) is 23.2 Å². The Morgan fingerprint density at radius 3 is 2.45 bits per heavy atom. The number of anilines is 1. The van der Waals surface area contributed by atoms with Crippen LogP contribution in [0.2, 0.25) is 0 Å². The van der Waals surface area contributed by atoms with E-state index >= 15 is 0 Å². The Morgan fingerprint density at radius 2 is 1.79 bits per heavy atom. The SMILES string of the molecule is Cc1nn(-c2ccc(F)cc2F)c2nc(C(=O)O)cc(-c3ccc(N4CCOCC4)cc3)c12. The molecule has 0 amide bonds. The van der Waals surface area contributed by atoms with Crippen molar-refractivity contribution in [1.82, 2.24) is 14.8 Å². The number of benzene rings is 2. The maximum atomic E-state index is 14.5. The molecule has 0 aliphatic carbocycles. The van der Waals surface area contributed by atoms with Gasteiger partial charge in [0.1, 0.15) is 11.5 Å². The van der Waals surface area contributed by atoms with E-state index in [2.05, 4.69) is 15.0 Å². The number of ether oxygens (including phenoxy) is 1. The third-order valence-electron chi connectivity index (χ3n) is 5.72. The van der Waals surface area contributed by atoms with Crippen molar-refractivity contribution in [2.75, 3.05) is 31.2 Å². The number of hydrogen-bond donors (Lipinski definition) is 1. The molecule has 0 bridgehead atoms. The molecular weight excluding hydrogens is 430 g/mol. The Kier molecular flexibility index (Phi) is 5.26. The lowest BCUT2D eigenvalue weighted by molar-refractivity contribution is 0.0691. The van der Waals surface area contributed by atoms with Crippen molar-refractivity contribution in [2.24, 2.45) is 0 Å². The smallest absolute Gasteiger partial charge is 0.354 e. The lowest BCUT2D eigenvalue weighted by atomic mass is 10.0. The quantitative estimate of drug-likeness (QED) is 0.502. The summed E-state index contributed by atoms with van der Waals surface area (Å²) in [4.78, 5) is 18.3. The maximum Gasteiger partial charge on any atom is 0.354 e. The summed E-state index contributed by atoms with van der Waals surface area (Å²) in [5.74, 6) is -2.75. The van der Waals surface area contributed by atoms with Gasteiger partial charge in [-0.1, -0.05) is 12.1 Å². The molecule has 1 N–H and O–H groups in total. The second-order valence-corrected chi connectivity index (χ2v) is 7.80. The van der Waals surface area contributed by atoms with E-state index in [1.165, 1.54) is 16.8 Å². The Morgan fingerprint density at radius 1 is 1.06 bits per heavy atom. The summed E-state index contributed by atoms with van der Waals surface area (Å²) in [6.07, 6.45) is 0. The third-order valence-corrected chi connectivity index (χ3v) is 5.72. The second-order valence-electron chi connectivity index (χ2n) is 7.80. The van der Waals surface area contributed by atoms with Gasteiger partial charge in [0, 0.05) is 24.8 Å². The van der Waals surface area contributed by atoms with Gasteiger partial charge in [0.2, 0.25) is 0 Å². The summed E-state index contributed by atoms with van der Waals surface area (Å²) in [6.45, 7) is 4.70. The number of fused-ring (bicyclic) bond motifs is 1. The molecule has 7 nitrogen and oxygen atoms in total. The number of aromatic carboxylic acids is 1. The van der Waals surface area contributed by atoms with E-state index in [0.717, 1.165) is 36.5 Å². The summed E-state index contributed by atoms with van der Waals surface area (Å²) in [5, 5.41) is 14.7. The highest BCUT2D eigenvalue weighted by Gasteiger charge is 2.21. The Bertz CT molecular complexity index is 1360. The molecule has 0 radical (unpaired) electrons. The summed E-state index contributed by atoms with van der Waals surface area (Å²) in [5.41, 5.74) is 2.97. The van der Waals surface area contributed by atoms with E-state index < -0.39 is 17.6 Å². The van der Waals surface area contributed by atoms with Crippen molar-refractivity contribution in [3.05, 3.63) is 71.6 Å². The second kappa shape index (κ2) is 8.25. The predicted molar refractivity (Wildman–Crippen MR) is 119 cm³/mol. The molecule has 2 aromatic carbocycles. The van der Waals surface area contributed by atoms with E-state index in [1.54, 1.807) is 6.92 Å². The number of carboxylic acid groups (broad SMARTS) is 1. The van der Waals surface area contributed by atoms with Crippen molar-refractivity contribution >= 4 is 22.7 Å². The predicted octanol–water partition coefficient (Wildman–Crippen LogP) is 4.21. The fraction of sp³-hybridized carbons (Fsp3) is 0.208. The van der Waals surface area contributed by atoms with Crippen LogP contribution >= 0.6 is 0 Å². The van der Waals surface area contributed by atoms with Crippen molar-refractivity contribution < 1.29 is 23.4 Å². The van der Waals surface area contributed by atoms with Crippen LogP contribution < -0.4 is 4.90 Å². The number of aryl methyl sites for hydroxylation is 1. The maximum absolute atomic E-state index is 14.5. The summed E-state index contributed by atoms with van der Waals surface area (Å²) in [7, 11) is 0. The van der Waals surface area contributed by atoms with Crippen LogP contribution in [-0.4, -0.2) is 52.1 Å². The van der Waals surface area contributed by atoms with E-state index in [1.807, 2.05) is 24.3 Å². The summed E-state index contributed by atoms with van der Waals surface area (Å²) >= 11 is 0. The average molecular weight is 450 g/mol. The van der Waals surface area contributed by atoms with Gasteiger partial charge < -0.3 is 14.7 Å². The lowest BCUT2D eigenvalue weighted by Crippen LogP contribution is -2.36. The molecule has 0 atom stereocenters. The van der Waals surface area contributed by atoms with Gasteiger partial charge in [-0.05, 0) is 48.4 Å². The van der Waals surface area contributed by atoms with Crippen LogP contribution in [-0.2, 0) is 4.74 Å². The number of pyridine rings is 1. The van der Waals surface area contributed by atoms with Crippen LogP contribution in [0.3, 0.4) is 0 Å². The highest BCUT2D eigenvalue weighted by atomic mass is 19.1. The molecule has 1 fully saturated rings. The van der Waals surface area contributed by atoms with E-state index in [9.17, 15) is 18.7 Å². The first kappa shape index (κ1) is 21.0. The molecule has 168 valence electrons. The molecule has 1 saturated heterocycles. The first-order valence-electron chi connectivity index (χ1n) is 10.4. The van der Waals surface area contributed by atoms with E-state index in [0.29, 0.717) is 29.9 Å². The fourth-order valence-corrected chi connectivity index (χ4v) is 4.12. The highest BCUT2D eigenvalue weighted by molar-refractivity contribution is 6.00. The zero-order valence-corrected chi connectivity index (χ0v) is 17.8. The fourth-order valence-electron chi connectivity index (χ4n) is 4.12. The number of hydrogen-bond acceptors (Lipinski definition) is 5. The van der Waals surface area contributed by atoms with Gasteiger partial charge >= 0.3 is 5.97 Å². The van der Waals surface area contributed by atoms with Crippen molar-refractivity contribution in [2.45, 2.75) is 6.92 Å². The number of carbonyl (C=O) groups is 1. The number of carboxylic acids is 1. The Hall–Kier alpha value is -3.85. The highest BCUT2D eigenvalue weighted by Crippen LogP contribution is 2.34. The Labute approximate surface area is 187 Å². The van der Waals surface area contributed by atoms with Crippen LogP contribution in [0.25, 0.3) is 27.8 Å². The standard InChI is InChI=1S/C24H20F2N4O3/c1-14-22-18(15-2-5-17(6-3-15)29-8-10-33-11-9-29)13-20(24(31)32)27-23(22)30(28-14)21-7-4-16(25)12-19(21)26/h2-7,12-13H,8-11H2,1H3,(H,31,32). The molecule has 4 aromatic rings. The van der Waals surface area contributed by atoms with Crippen LogP contribution in [0.15, 0.2) is 48.5 Å². The van der Waals surface area contributed by atoms with Crippen LogP contribution in [0.4, 0.5) is 14.5 Å². The number of nitrogens with zero attached hydrogens (tertiary/aromatic N) is 4. The van der Waals surface area contributed by atoms with Crippen molar-refractivity contribution in [1.29, 1.82) is 0 Å². The number of rotatable bonds is 4. The molecular formula is C24H20F2N4O3. The van der Waals surface area contributed by atoms with E-state index in [-0.39, 0.29) is 17.0 Å². The summed E-state index contributed by atoms with van der Waals surface area (Å²) in [6, 6.07) is 12.4. The molecule has 5 rings (SSSR count). The topological polar surface area (TPSA) is 80.5 Å². The van der Waals surface area contributed by atoms with Gasteiger partial charge in [0.25, 0.3) is 0 Å². The Balaban J connectivity index is 1.67. The summed E-state index contributed by atoms with van der Waals surface area (Å²) < 4.78 is 34.6. The largest absolute Gasteiger partial charge is 0.477 e. The number of aromatic nitrogens is 3. The molecule has 3 heterocycles. The zero-order chi connectivity index (χ0) is 23.1. The monoisotopic (exact) mass is 450 g/mol. The first-order chi connectivity index (χ1) is 15.9. The molecule has 2 aromatic heterocycles. The molecule has 0 saturated carbocycles.